The Balaban J connectivity index is 1.72. The van der Waals surface area contributed by atoms with Gasteiger partial charge >= 0.3 is 0 Å². The summed E-state index contributed by atoms with van der Waals surface area (Å²) in [6.07, 6.45) is 7.25. The minimum atomic E-state index is 0.112. The number of nitrogens with zero attached hydrogens (tertiary/aromatic N) is 1. The minimum absolute atomic E-state index is 0.112. The van der Waals surface area contributed by atoms with E-state index in [1.165, 1.54) is 0 Å². The van der Waals surface area contributed by atoms with Crippen molar-refractivity contribution >= 4 is 23.2 Å². The molecular weight excluding hydrogens is 288 g/mol. The van der Waals surface area contributed by atoms with Crippen molar-refractivity contribution in [1.29, 1.82) is 0 Å². The largest absolute Gasteiger partial charge is 0.326 e. The Bertz CT molecular complexity index is 576. The maximum Gasteiger partial charge on any atom is 0.230 e. The van der Waals surface area contributed by atoms with Crippen LogP contribution in [0.5, 0.6) is 0 Å². The highest BCUT2D eigenvalue weighted by molar-refractivity contribution is 5.97. The van der Waals surface area contributed by atoms with E-state index in [2.05, 4.69) is 12.2 Å². The number of amides is 2. The van der Waals surface area contributed by atoms with Gasteiger partial charge in [-0.1, -0.05) is 25.8 Å². The molecule has 2 saturated carbocycles. The molecule has 0 aliphatic heterocycles. The molecule has 1 N–H and O–H groups in total. The van der Waals surface area contributed by atoms with E-state index in [0.29, 0.717) is 0 Å². The predicted molar refractivity (Wildman–Crippen MR) is 92.4 cm³/mol. The van der Waals surface area contributed by atoms with Crippen LogP contribution in [0.15, 0.2) is 24.3 Å². The minimum Gasteiger partial charge on any atom is -0.326 e. The topological polar surface area (TPSA) is 49.4 Å². The van der Waals surface area contributed by atoms with Crippen LogP contribution < -0.4 is 10.2 Å². The van der Waals surface area contributed by atoms with Crippen LogP contribution >= 0.6 is 0 Å². The van der Waals surface area contributed by atoms with E-state index in [9.17, 15) is 9.59 Å². The van der Waals surface area contributed by atoms with E-state index in [1.807, 2.05) is 29.2 Å². The smallest absolute Gasteiger partial charge is 0.230 e. The first-order valence-corrected chi connectivity index (χ1v) is 8.91. The standard InChI is InChI=1S/C19H26N2O2/c1-2-12-21(19(23)15-8-4-9-15)17-11-5-10-16(13-17)20-18(22)14-6-3-7-14/h5,10-11,13-15H,2-4,6-9,12H2,1H3,(H,20,22). The van der Waals surface area contributed by atoms with Crippen molar-refractivity contribution in [3.8, 4) is 0 Å². The summed E-state index contributed by atoms with van der Waals surface area (Å²) in [5.41, 5.74) is 1.69. The summed E-state index contributed by atoms with van der Waals surface area (Å²) >= 11 is 0. The van der Waals surface area contributed by atoms with Crippen LogP contribution in [0.4, 0.5) is 11.4 Å². The van der Waals surface area contributed by atoms with Gasteiger partial charge in [0.05, 0.1) is 0 Å². The van der Waals surface area contributed by atoms with Crippen LogP contribution in [0.3, 0.4) is 0 Å². The third kappa shape index (κ3) is 3.57. The third-order valence-electron chi connectivity index (χ3n) is 5.07. The average Bonchev–Trinajstić information content (AvgIpc) is 2.41. The normalized spacial score (nSPS) is 18.0. The molecule has 1 aromatic carbocycles. The number of hydrogen-bond acceptors (Lipinski definition) is 2. The number of carbonyl (C=O) groups excluding carboxylic acids is 2. The summed E-state index contributed by atoms with van der Waals surface area (Å²) in [5.74, 6) is 0.707. The van der Waals surface area contributed by atoms with Gasteiger partial charge in [0.25, 0.3) is 0 Å². The average molecular weight is 314 g/mol. The number of rotatable bonds is 6. The molecule has 0 saturated heterocycles. The van der Waals surface area contributed by atoms with Crippen LogP contribution in [-0.4, -0.2) is 18.4 Å². The molecule has 23 heavy (non-hydrogen) atoms. The van der Waals surface area contributed by atoms with Gasteiger partial charge in [-0.05, 0) is 50.3 Å². The number of nitrogens with one attached hydrogen (secondary N) is 1. The Labute approximate surface area is 138 Å². The molecular formula is C19H26N2O2. The van der Waals surface area contributed by atoms with E-state index < -0.39 is 0 Å². The van der Waals surface area contributed by atoms with Gasteiger partial charge in [0.1, 0.15) is 0 Å². The van der Waals surface area contributed by atoms with E-state index in [-0.39, 0.29) is 23.7 Å². The number of carbonyl (C=O) groups is 2. The molecule has 4 nitrogen and oxygen atoms in total. The van der Waals surface area contributed by atoms with Gasteiger partial charge in [0, 0.05) is 29.8 Å². The zero-order valence-corrected chi connectivity index (χ0v) is 13.9. The summed E-state index contributed by atoms with van der Waals surface area (Å²) in [4.78, 5) is 26.7. The Morgan fingerprint density at radius 2 is 1.83 bits per heavy atom. The second kappa shape index (κ2) is 7.16. The lowest BCUT2D eigenvalue weighted by atomic mass is 9.84. The van der Waals surface area contributed by atoms with Crippen molar-refractivity contribution in [1.82, 2.24) is 0 Å². The van der Waals surface area contributed by atoms with Crippen LogP contribution in [0, 0.1) is 11.8 Å². The Morgan fingerprint density at radius 1 is 1.13 bits per heavy atom. The van der Waals surface area contributed by atoms with Gasteiger partial charge < -0.3 is 10.2 Å². The van der Waals surface area contributed by atoms with Gasteiger partial charge in [-0.2, -0.15) is 0 Å². The fourth-order valence-corrected chi connectivity index (χ4v) is 3.13. The molecule has 124 valence electrons. The fraction of sp³-hybridized carbons (Fsp3) is 0.579. The van der Waals surface area contributed by atoms with Crippen molar-refractivity contribution in [3.63, 3.8) is 0 Å². The zero-order valence-electron chi connectivity index (χ0n) is 13.9. The zero-order chi connectivity index (χ0) is 16.2. The molecule has 0 aromatic heterocycles. The first-order valence-electron chi connectivity index (χ1n) is 8.91. The SMILES string of the molecule is CCCN(C(=O)C1CCC1)c1cccc(NC(=O)C2CCC2)c1. The Morgan fingerprint density at radius 3 is 2.39 bits per heavy atom. The molecule has 0 atom stereocenters. The Kier molecular flexibility index (Phi) is 4.99. The predicted octanol–water partition coefficient (Wildman–Crippen LogP) is 3.97. The third-order valence-corrected chi connectivity index (χ3v) is 5.07. The van der Waals surface area contributed by atoms with Gasteiger partial charge in [-0.25, -0.2) is 0 Å². The van der Waals surface area contributed by atoms with Gasteiger partial charge in [0.2, 0.25) is 11.8 Å². The van der Waals surface area contributed by atoms with E-state index in [1.54, 1.807) is 0 Å². The molecule has 0 bridgehead atoms. The van der Waals surface area contributed by atoms with Crippen LogP contribution in [0.25, 0.3) is 0 Å². The van der Waals surface area contributed by atoms with Gasteiger partial charge in [-0.15, -0.1) is 0 Å². The molecule has 0 unspecified atom stereocenters. The first-order chi connectivity index (χ1) is 11.2. The number of anilines is 2. The fourth-order valence-electron chi connectivity index (χ4n) is 3.13. The lowest BCUT2D eigenvalue weighted by molar-refractivity contribution is -0.124. The van der Waals surface area contributed by atoms with Crippen LogP contribution in [-0.2, 0) is 9.59 Å². The maximum atomic E-state index is 12.7. The molecule has 0 radical (unpaired) electrons. The summed E-state index contributed by atoms with van der Waals surface area (Å²) < 4.78 is 0. The molecule has 1 aromatic rings. The summed E-state index contributed by atoms with van der Waals surface area (Å²) in [6, 6.07) is 7.72. The van der Waals surface area contributed by atoms with Gasteiger partial charge in [-0.3, -0.25) is 9.59 Å². The lowest BCUT2D eigenvalue weighted by Crippen LogP contribution is -2.39. The van der Waals surface area contributed by atoms with Crippen molar-refractivity contribution in [2.24, 2.45) is 11.8 Å². The molecule has 2 amide bonds. The van der Waals surface area contributed by atoms with Crippen molar-refractivity contribution < 1.29 is 9.59 Å². The number of hydrogen-bond donors (Lipinski definition) is 1. The molecule has 2 fully saturated rings. The van der Waals surface area contributed by atoms with Crippen molar-refractivity contribution in [2.45, 2.75) is 51.9 Å². The van der Waals surface area contributed by atoms with Crippen molar-refractivity contribution in [3.05, 3.63) is 24.3 Å². The van der Waals surface area contributed by atoms with Crippen LogP contribution in [0.1, 0.15) is 51.9 Å². The molecule has 3 rings (SSSR count). The highest BCUT2D eigenvalue weighted by atomic mass is 16.2. The number of benzene rings is 1. The molecule has 0 heterocycles. The maximum absolute atomic E-state index is 12.7. The summed E-state index contributed by atoms with van der Waals surface area (Å²) in [7, 11) is 0. The quantitative estimate of drug-likeness (QED) is 0.863. The van der Waals surface area contributed by atoms with Crippen LogP contribution in [0.2, 0.25) is 0 Å². The monoisotopic (exact) mass is 314 g/mol. The molecule has 2 aliphatic carbocycles. The van der Waals surface area contributed by atoms with E-state index in [0.717, 1.165) is 62.9 Å². The van der Waals surface area contributed by atoms with E-state index in [4.69, 9.17) is 0 Å². The first kappa shape index (κ1) is 16.0. The molecule has 2 aliphatic rings. The second-order valence-electron chi connectivity index (χ2n) is 6.79. The highest BCUT2D eigenvalue weighted by Gasteiger charge is 2.30. The summed E-state index contributed by atoms with van der Waals surface area (Å²) in [6.45, 7) is 2.82. The summed E-state index contributed by atoms with van der Waals surface area (Å²) in [5, 5.41) is 3.00. The second-order valence-corrected chi connectivity index (χ2v) is 6.79. The molecule has 0 spiro atoms. The van der Waals surface area contributed by atoms with Crippen molar-refractivity contribution in [2.75, 3.05) is 16.8 Å². The lowest BCUT2D eigenvalue weighted by Gasteiger charge is -2.32. The molecule has 4 heteroatoms. The highest BCUT2D eigenvalue weighted by Crippen LogP contribution is 2.32. The Hall–Kier alpha value is -1.84. The van der Waals surface area contributed by atoms with E-state index >= 15 is 0 Å². The van der Waals surface area contributed by atoms with Gasteiger partial charge in [0.15, 0.2) is 0 Å².